The van der Waals surface area contributed by atoms with E-state index in [-0.39, 0.29) is 12.8 Å². The minimum atomic E-state index is -4.50. The Morgan fingerprint density at radius 1 is 1.14 bits per heavy atom. The molecule has 0 saturated heterocycles. The van der Waals surface area contributed by atoms with Crippen molar-refractivity contribution in [3.05, 3.63) is 11.8 Å². The second-order valence-corrected chi connectivity index (χ2v) is 6.02. The van der Waals surface area contributed by atoms with Crippen LogP contribution in [0.5, 0.6) is 0 Å². The van der Waals surface area contributed by atoms with Crippen molar-refractivity contribution in [2.75, 3.05) is 0 Å². The van der Waals surface area contributed by atoms with Crippen LogP contribution in [-0.2, 0) is 4.79 Å². The van der Waals surface area contributed by atoms with Crippen LogP contribution in [0.25, 0.3) is 0 Å². The van der Waals surface area contributed by atoms with Crippen LogP contribution in [0.4, 0.5) is 22.0 Å². The summed E-state index contributed by atoms with van der Waals surface area (Å²) in [6.07, 6.45) is -5.73. The highest BCUT2D eigenvalue weighted by Gasteiger charge is 2.41. The highest BCUT2D eigenvalue weighted by atomic mass is 19.4. The largest absolute Gasteiger partial charge is 0.512 e. The predicted molar refractivity (Wildman–Crippen MR) is 73.8 cm³/mol. The van der Waals surface area contributed by atoms with Gasteiger partial charge in [-0.2, -0.15) is 13.2 Å². The minimum absolute atomic E-state index is 0.0388. The van der Waals surface area contributed by atoms with E-state index in [1.807, 2.05) is 0 Å². The highest BCUT2D eigenvalue weighted by molar-refractivity contribution is 5.92. The molecule has 130 valence electrons. The maximum atomic E-state index is 13.0. The fourth-order valence-corrected chi connectivity index (χ4v) is 2.14. The van der Waals surface area contributed by atoms with Gasteiger partial charge in [0.05, 0.1) is 6.42 Å². The topological polar surface area (TPSA) is 37.3 Å². The van der Waals surface area contributed by atoms with Crippen molar-refractivity contribution in [2.45, 2.75) is 65.5 Å². The van der Waals surface area contributed by atoms with Crippen LogP contribution in [0, 0.1) is 11.3 Å². The van der Waals surface area contributed by atoms with E-state index in [2.05, 4.69) is 0 Å². The molecule has 0 radical (unpaired) electrons. The van der Waals surface area contributed by atoms with Crippen LogP contribution >= 0.6 is 0 Å². The van der Waals surface area contributed by atoms with E-state index in [1.165, 1.54) is 20.8 Å². The molecule has 2 atom stereocenters. The number of allylic oxidation sites excluding steroid dienone is 2. The third-order valence-corrected chi connectivity index (χ3v) is 3.77. The summed E-state index contributed by atoms with van der Waals surface area (Å²) in [5.41, 5.74) is -1.64. The number of aliphatic hydroxyl groups excluding tert-OH is 1. The Kier molecular flexibility index (Phi) is 7.03. The Morgan fingerprint density at radius 3 is 1.95 bits per heavy atom. The van der Waals surface area contributed by atoms with Crippen LogP contribution in [0.3, 0.4) is 0 Å². The Labute approximate surface area is 127 Å². The first-order chi connectivity index (χ1) is 9.74. The third kappa shape index (κ3) is 7.22. The normalized spacial score (nSPS) is 18.0. The molecule has 0 amide bonds. The zero-order chi connectivity index (χ0) is 17.8. The summed E-state index contributed by atoms with van der Waals surface area (Å²) in [5.74, 6) is -5.58. The standard InChI is InChI=1S/C15H23F5O2/c1-5-10(8-14(4,16)17)11(21)7-12(22)13(3,6-2)9-15(18,19)20/h7,10,22H,5-6,8-9H2,1-4H3/b12-7-. The SMILES string of the molecule is CCC(CC(C)(F)F)C(=O)/C=C(\O)C(C)(CC)CC(F)(F)F. The summed E-state index contributed by atoms with van der Waals surface area (Å²) >= 11 is 0. The van der Waals surface area contributed by atoms with Gasteiger partial charge in [-0.15, -0.1) is 0 Å². The number of carbonyl (C=O) groups is 1. The van der Waals surface area contributed by atoms with Gasteiger partial charge in [-0.3, -0.25) is 4.79 Å². The van der Waals surface area contributed by atoms with E-state index >= 15 is 0 Å². The number of hydrogen-bond acceptors (Lipinski definition) is 2. The van der Waals surface area contributed by atoms with Gasteiger partial charge in [0.25, 0.3) is 0 Å². The number of ketones is 1. The Balaban J connectivity index is 5.25. The van der Waals surface area contributed by atoms with Gasteiger partial charge in [-0.25, -0.2) is 8.78 Å². The molecule has 7 heteroatoms. The lowest BCUT2D eigenvalue weighted by molar-refractivity contribution is -0.156. The van der Waals surface area contributed by atoms with Crippen LogP contribution in [-0.4, -0.2) is 23.0 Å². The number of rotatable bonds is 8. The second kappa shape index (κ2) is 7.42. The molecule has 2 nitrogen and oxygen atoms in total. The van der Waals surface area contributed by atoms with Gasteiger partial charge in [-0.1, -0.05) is 20.8 Å². The molecular weight excluding hydrogens is 307 g/mol. The smallest absolute Gasteiger partial charge is 0.390 e. The van der Waals surface area contributed by atoms with Gasteiger partial charge in [0.2, 0.25) is 5.92 Å². The molecule has 0 spiro atoms. The molecule has 0 fully saturated rings. The fourth-order valence-electron chi connectivity index (χ4n) is 2.14. The monoisotopic (exact) mass is 330 g/mol. The Bertz CT molecular complexity index is 409. The average molecular weight is 330 g/mol. The van der Waals surface area contributed by atoms with Crippen molar-refractivity contribution in [3.8, 4) is 0 Å². The first-order valence-corrected chi connectivity index (χ1v) is 7.13. The number of halogens is 5. The molecule has 0 aliphatic carbocycles. The molecular formula is C15H23F5O2. The quantitative estimate of drug-likeness (QED) is 0.366. The molecule has 0 aromatic carbocycles. The van der Waals surface area contributed by atoms with Crippen LogP contribution in [0.15, 0.2) is 11.8 Å². The lowest BCUT2D eigenvalue weighted by atomic mass is 9.80. The first kappa shape index (κ1) is 20.9. The summed E-state index contributed by atoms with van der Waals surface area (Å²) in [7, 11) is 0. The highest BCUT2D eigenvalue weighted by Crippen LogP contribution is 2.40. The van der Waals surface area contributed by atoms with Gasteiger partial charge in [0, 0.05) is 23.8 Å². The van der Waals surface area contributed by atoms with Gasteiger partial charge >= 0.3 is 6.18 Å². The van der Waals surface area contributed by atoms with Crippen molar-refractivity contribution < 1.29 is 31.9 Å². The molecule has 0 rings (SSSR count). The van der Waals surface area contributed by atoms with Gasteiger partial charge < -0.3 is 5.11 Å². The zero-order valence-corrected chi connectivity index (χ0v) is 13.2. The number of alkyl halides is 5. The maximum Gasteiger partial charge on any atom is 0.390 e. The Morgan fingerprint density at radius 2 is 1.64 bits per heavy atom. The van der Waals surface area contributed by atoms with E-state index < -0.39 is 47.8 Å². The van der Waals surface area contributed by atoms with Crippen molar-refractivity contribution in [1.82, 2.24) is 0 Å². The van der Waals surface area contributed by atoms with Crippen molar-refractivity contribution in [3.63, 3.8) is 0 Å². The molecule has 0 heterocycles. The fraction of sp³-hybridized carbons (Fsp3) is 0.800. The summed E-state index contributed by atoms with van der Waals surface area (Å²) in [6.45, 7) is 4.85. The minimum Gasteiger partial charge on any atom is -0.512 e. The van der Waals surface area contributed by atoms with Gasteiger partial charge in [-0.05, 0) is 19.8 Å². The molecule has 22 heavy (non-hydrogen) atoms. The van der Waals surface area contributed by atoms with E-state index in [0.29, 0.717) is 13.0 Å². The molecule has 0 aromatic heterocycles. The molecule has 1 N–H and O–H groups in total. The predicted octanol–water partition coefficient (Wildman–Crippen LogP) is 5.44. The molecule has 0 saturated carbocycles. The Hall–Kier alpha value is -1.14. The van der Waals surface area contributed by atoms with Crippen molar-refractivity contribution >= 4 is 5.78 Å². The molecule has 0 aliphatic rings. The number of hydrogen-bond donors (Lipinski definition) is 1. The zero-order valence-electron chi connectivity index (χ0n) is 13.2. The molecule has 0 aromatic rings. The third-order valence-electron chi connectivity index (χ3n) is 3.77. The van der Waals surface area contributed by atoms with Crippen LogP contribution < -0.4 is 0 Å². The second-order valence-electron chi connectivity index (χ2n) is 6.02. The van der Waals surface area contributed by atoms with E-state index in [1.54, 1.807) is 0 Å². The summed E-state index contributed by atoms with van der Waals surface area (Å²) in [6, 6.07) is 0. The molecule has 0 bridgehead atoms. The van der Waals surface area contributed by atoms with Crippen LogP contribution in [0.1, 0.15) is 53.4 Å². The lowest BCUT2D eigenvalue weighted by Crippen LogP contribution is -2.28. The summed E-state index contributed by atoms with van der Waals surface area (Å²) in [5, 5.41) is 9.90. The molecule has 2 unspecified atom stereocenters. The number of aliphatic hydroxyl groups is 1. The number of carbonyl (C=O) groups excluding carboxylic acids is 1. The summed E-state index contributed by atoms with van der Waals surface area (Å²) < 4.78 is 63.7. The van der Waals surface area contributed by atoms with Crippen molar-refractivity contribution in [1.29, 1.82) is 0 Å². The van der Waals surface area contributed by atoms with Crippen LogP contribution in [0.2, 0.25) is 0 Å². The maximum absolute atomic E-state index is 13.0. The van der Waals surface area contributed by atoms with Gasteiger partial charge in [0.15, 0.2) is 5.78 Å². The van der Waals surface area contributed by atoms with E-state index in [4.69, 9.17) is 0 Å². The van der Waals surface area contributed by atoms with E-state index in [9.17, 15) is 31.9 Å². The van der Waals surface area contributed by atoms with E-state index in [0.717, 1.165) is 0 Å². The average Bonchev–Trinajstić information content (AvgIpc) is 2.32. The molecule has 0 aliphatic heterocycles. The van der Waals surface area contributed by atoms with Gasteiger partial charge in [0.1, 0.15) is 5.76 Å². The van der Waals surface area contributed by atoms with Crippen molar-refractivity contribution in [2.24, 2.45) is 11.3 Å². The first-order valence-electron chi connectivity index (χ1n) is 7.13. The lowest BCUT2D eigenvalue weighted by Gasteiger charge is -2.29. The summed E-state index contributed by atoms with van der Waals surface area (Å²) in [4.78, 5) is 11.9.